The predicted molar refractivity (Wildman–Crippen MR) is 72.4 cm³/mol. The van der Waals surface area contributed by atoms with E-state index >= 15 is 0 Å². The van der Waals surface area contributed by atoms with Crippen LogP contribution in [0.5, 0.6) is 5.75 Å². The van der Waals surface area contributed by atoms with E-state index in [0.717, 1.165) is 31.4 Å². The number of benzene rings is 1. The minimum Gasteiger partial charge on any atom is -0.489 e. The van der Waals surface area contributed by atoms with E-state index in [1.807, 2.05) is 12.1 Å². The van der Waals surface area contributed by atoms with Crippen LogP contribution in [-0.2, 0) is 6.42 Å². The second-order valence-electron chi connectivity index (χ2n) is 5.31. The Bertz CT molecular complexity index is 435. The molecule has 96 valence electrons. The Morgan fingerprint density at radius 1 is 1.39 bits per heavy atom. The first-order chi connectivity index (χ1) is 8.72. The number of nitrogens with zero attached hydrogens (tertiary/aromatic N) is 1. The van der Waals surface area contributed by atoms with E-state index in [4.69, 9.17) is 4.74 Å². The summed E-state index contributed by atoms with van der Waals surface area (Å²) in [5.41, 5.74) is 1.28. The second kappa shape index (κ2) is 5.91. The van der Waals surface area contributed by atoms with Crippen molar-refractivity contribution in [1.82, 2.24) is 0 Å². The van der Waals surface area contributed by atoms with Gasteiger partial charge in [-0.3, -0.25) is 0 Å². The fourth-order valence-corrected chi connectivity index (χ4v) is 2.62. The monoisotopic (exact) mass is 243 g/mol. The van der Waals surface area contributed by atoms with Crippen molar-refractivity contribution in [3.8, 4) is 11.8 Å². The lowest BCUT2D eigenvalue weighted by Gasteiger charge is -2.31. The zero-order chi connectivity index (χ0) is 13.0. The third-order valence-electron chi connectivity index (χ3n) is 3.81. The minimum absolute atomic E-state index is 0.0477. The van der Waals surface area contributed by atoms with Crippen LogP contribution in [0, 0.1) is 23.2 Å². The molecule has 1 aliphatic carbocycles. The van der Waals surface area contributed by atoms with Gasteiger partial charge in [0.2, 0.25) is 0 Å². The van der Waals surface area contributed by atoms with E-state index in [1.54, 1.807) is 0 Å². The molecule has 0 amide bonds. The van der Waals surface area contributed by atoms with Gasteiger partial charge in [-0.15, -0.1) is 0 Å². The van der Waals surface area contributed by atoms with Crippen LogP contribution < -0.4 is 4.74 Å². The van der Waals surface area contributed by atoms with Crippen molar-refractivity contribution < 1.29 is 4.74 Å². The van der Waals surface area contributed by atoms with E-state index in [1.165, 1.54) is 5.56 Å². The standard InChI is InChI=1S/C16H21NO/c1-3-13-5-4-6-15(10-13)18-16-9-12(2)7-8-14(16)11-17/h4-6,10,12,14,16H,3,7-9H2,1-2H3. The summed E-state index contributed by atoms with van der Waals surface area (Å²) < 4.78 is 6.05. The smallest absolute Gasteiger partial charge is 0.120 e. The van der Waals surface area contributed by atoms with Crippen LogP contribution in [0.1, 0.15) is 38.7 Å². The molecular formula is C16H21NO. The van der Waals surface area contributed by atoms with E-state index in [2.05, 4.69) is 32.0 Å². The molecule has 1 fully saturated rings. The predicted octanol–water partition coefficient (Wildman–Crippen LogP) is 3.96. The molecule has 0 radical (unpaired) electrons. The van der Waals surface area contributed by atoms with Crippen LogP contribution in [0.3, 0.4) is 0 Å². The van der Waals surface area contributed by atoms with Crippen LogP contribution >= 0.6 is 0 Å². The Morgan fingerprint density at radius 2 is 2.22 bits per heavy atom. The number of nitriles is 1. The van der Waals surface area contributed by atoms with Gasteiger partial charge in [0.05, 0.1) is 12.0 Å². The zero-order valence-corrected chi connectivity index (χ0v) is 11.2. The van der Waals surface area contributed by atoms with Gasteiger partial charge in [-0.25, -0.2) is 0 Å². The molecule has 0 bridgehead atoms. The lowest BCUT2D eigenvalue weighted by Crippen LogP contribution is -2.32. The minimum atomic E-state index is 0.0477. The maximum absolute atomic E-state index is 9.20. The van der Waals surface area contributed by atoms with Crippen molar-refractivity contribution in [1.29, 1.82) is 5.26 Å². The fraction of sp³-hybridized carbons (Fsp3) is 0.562. The maximum atomic E-state index is 9.20. The number of hydrogen-bond acceptors (Lipinski definition) is 2. The van der Waals surface area contributed by atoms with E-state index in [0.29, 0.717) is 5.92 Å². The van der Waals surface area contributed by atoms with Crippen LogP contribution in [-0.4, -0.2) is 6.10 Å². The molecule has 1 aromatic rings. The molecular weight excluding hydrogens is 222 g/mol. The summed E-state index contributed by atoms with van der Waals surface area (Å²) in [7, 11) is 0. The average Bonchev–Trinajstić information content (AvgIpc) is 2.39. The molecule has 1 saturated carbocycles. The van der Waals surface area contributed by atoms with Gasteiger partial charge in [-0.1, -0.05) is 26.0 Å². The van der Waals surface area contributed by atoms with E-state index in [9.17, 15) is 5.26 Å². The quantitative estimate of drug-likeness (QED) is 0.805. The summed E-state index contributed by atoms with van der Waals surface area (Å²) >= 11 is 0. The second-order valence-corrected chi connectivity index (χ2v) is 5.31. The van der Waals surface area contributed by atoms with Crippen molar-refractivity contribution in [2.75, 3.05) is 0 Å². The molecule has 0 saturated heterocycles. The van der Waals surface area contributed by atoms with Gasteiger partial charge < -0.3 is 4.74 Å². The van der Waals surface area contributed by atoms with Crippen molar-refractivity contribution in [3.63, 3.8) is 0 Å². The van der Waals surface area contributed by atoms with Crippen molar-refractivity contribution >= 4 is 0 Å². The summed E-state index contributed by atoms with van der Waals surface area (Å²) in [6.07, 6.45) is 4.18. The molecule has 0 spiro atoms. The Morgan fingerprint density at radius 3 is 2.94 bits per heavy atom. The van der Waals surface area contributed by atoms with Gasteiger partial charge in [0, 0.05) is 0 Å². The first-order valence-corrected chi connectivity index (χ1v) is 6.88. The van der Waals surface area contributed by atoms with E-state index < -0.39 is 0 Å². The highest BCUT2D eigenvalue weighted by Crippen LogP contribution is 2.31. The molecule has 0 N–H and O–H groups in total. The van der Waals surface area contributed by atoms with Gasteiger partial charge in [-0.05, 0) is 49.3 Å². The SMILES string of the molecule is CCc1cccc(OC2CC(C)CCC2C#N)c1. The molecule has 0 aliphatic heterocycles. The Labute approximate surface area is 110 Å². The largest absolute Gasteiger partial charge is 0.489 e. The summed E-state index contributed by atoms with van der Waals surface area (Å²) in [6.45, 7) is 4.38. The van der Waals surface area contributed by atoms with Crippen LogP contribution in [0.25, 0.3) is 0 Å². The Hall–Kier alpha value is -1.49. The molecule has 3 unspecified atom stereocenters. The molecule has 0 aromatic heterocycles. The molecule has 0 heterocycles. The van der Waals surface area contributed by atoms with Crippen molar-refractivity contribution in [2.24, 2.45) is 11.8 Å². The normalized spacial score (nSPS) is 27.5. The topological polar surface area (TPSA) is 33.0 Å². The molecule has 1 aliphatic rings. The highest BCUT2D eigenvalue weighted by Gasteiger charge is 2.30. The maximum Gasteiger partial charge on any atom is 0.120 e. The van der Waals surface area contributed by atoms with Crippen LogP contribution in [0.15, 0.2) is 24.3 Å². The summed E-state index contributed by atoms with van der Waals surface area (Å²) in [5, 5.41) is 9.20. The summed E-state index contributed by atoms with van der Waals surface area (Å²) in [6, 6.07) is 10.6. The first-order valence-electron chi connectivity index (χ1n) is 6.88. The average molecular weight is 243 g/mol. The number of ether oxygens (including phenoxy) is 1. The fourth-order valence-electron chi connectivity index (χ4n) is 2.62. The van der Waals surface area contributed by atoms with E-state index in [-0.39, 0.29) is 12.0 Å². The van der Waals surface area contributed by atoms with Crippen LogP contribution in [0.4, 0.5) is 0 Å². The molecule has 18 heavy (non-hydrogen) atoms. The first kappa shape index (κ1) is 13.0. The summed E-state index contributed by atoms with van der Waals surface area (Å²) in [4.78, 5) is 0. The third kappa shape index (κ3) is 3.04. The molecule has 3 atom stereocenters. The third-order valence-corrected chi connectivity index (χ3v) is 3.81. The highest BCUT2D eigenvalue weighted by molar-refractivity contribution is 5.28. The lowest BCUT2D eigenvalue weighted by molar-refractivity contribution is 0.0955. The lowest BCUT2D eigenvalue weighted by atomic mass is 9.81. The molecule has 2 rings (SSSR count). The molecule has 2 heteroatoms. The molecule has 2 nitrogen and oxygen atoms in total. The van der Waals surface area contributed by atoms with Gasteiger partial charge in [0.25, 0.3) is 0 Å². The van der Waals surface area contributed by atoms with Crippen LogP contribution in [0.2, 0.25) is 0 Å². The Balaban J connectivity index is 2.08. The van der Waals surface area contributed by atoms with Gasteiger partial charge in [-0.2, -0.15) is 5.26 Å². The van der Waals surface area contributed by atoms with Gasteiger partial charge in [0.15, 0.2) is 0 Å². The zero-order valence-electron chi connectivity index (χ0n) is 11.2. The van der Waals surface area contributed by atoms with Gasteiger partial charge >= 0.3 is 0 Å². The number of hydrogen-bond donors (Lipinski definition) is 0. The Kier molecular flexibility index (Phi) is 4.25. The summed E-state index contributed by atoms with van der Waals surface area (Å²) in [5.74, 6) is 1.62. The molecule has 1 aromatic carbocycles. The highest BCUT2D eigenvalue weighted by atomic mass is 16.5. The van der Waals surface area contributed by atoms with Crippen molar-refractivity contribution in [2.45, 2.75) is 45.6 Å². The van der Waals surface area contributed by atoms with Crippen molar-refractivity contribution in [3.05, 3.63) is 29.8 Å². The number of aryl methyl sites for hydroxylation is 1. The number of rotatable bonds is 3. The van der Waals surface area contributed by atoms with Gasteiger partial charge in [0.1, 0.15) is 11.9 Å².